The molecular formula is C14H21NS. The minimum absolute atomic E-state index is 0.169. The van der Waals surface area contributed by atoms with Gasteiger partial charge in [0.1, 0.15) is 0 Å². The summed E-state index contributed by atoms with van der Waals surface area (Å²) in [6, 6.07) is 2.51. The SMILES string of the molecule is C=C(CC)CC(N)c1cc2c(s1)CCCC2. The van der Waals surface area contributed by atoms with E-state index < -0.39 is 0 Å². The second kappa shape index (κ2) is 5.15. The second-order valence-electron chi connectivity index (χ2n) is 4.72. The maximum absolute atomic E-state index is 6.23. The molecule has 2 heteroatoms. The largest absolute Gasteiger partial charge is 0.323 e. The zero-order valence-corrected chi connectivity index (χ0v) is 10.9. The smallest absolute Gasteiger partial charge is 0.0427 e. The third-order valence-corrected chi connectivity index (χ3v) is 4.76. The molecule has 1 aliphatic rings. The Morgan fingerprint density at radius 1 is 1.50 bits per heavy atom. The minimum Gasteiger partial charge on any atom is -0.323 e. The standard InChI is InChI=1S/C14H21NS/c1-3-10(2)8-12(15)14-9-11-6-4-5-7-13(11)16-14/h9,12H,2-8,15H2,1H3. The third-order valence-electron chi connectivity index (χ3n) is 3.39. The number of aryl methyl sites for hydroxylation is 2. The molecule has 2 N–H and O–H groups in total. The van der Waals surface area contributed by atoms with Gasteiger partial charge in [0, 0.05) is 15.8 Å². The molecule has 1 unspecified atom stereocenters. The predicted octanol–water partition coefficient (Wildman–Crippen LogP) is 3.98. The van der Waals surface area contributed by atoms with Crippen molar-refractivity contribution in [3.8, 4) is 0 Å². The molecule has 0 fully saturated rings. The van der Waals surface area contributed by atoms with E-state index in [0.29, 0.717) is 0 Å². The van der Waals surface area contributed by atoms with E-state index in [1.165, 1.54) is 36.1 Å². The molecule has 1 atom stereocenters. The first-order valence-electron chi connectivity index (χ1n) is 6.24. The highest BCUT2D eigenvalue weighted by Gasteiger charge is 2.16. The number of hydrogen-bond acceptors (Lipinski definition) is 2. The minimum atomic E-state index is 0.169. The Bertz CT molecular complexity index is 355. The van der Waals surface area contributed by atoms with Crippen molar-refractivity contribution in [3.05, 3.63) is 33.5 Å². The Kier molecular flexibility index (Phi) is 3.82. The molecule has 0 bridgehead atoms. The average molecular weight is 235 g/mol. The van der Waals surface area contributed by atoms with Crippen LogP contribution in [0.2, 0.25) is 0 Å². The zero-order chi connectivity index (χ0) is 11.5. The molecule has 88 valence electrons. The molecule has 1 heterocycles. The van der Waals surface area contributed by atoms with E-state index in [2.05, 4.69) is 19.6 Å². The van der Waals surface area contributed by atoms with Crippen LogP contribution in [0.4, 0.5) is 0 Å². The van der Waals surface area contributed by atoms with Crippen LogP contribution in [0.5, 0.6) is 0 Å². The Hall–Kier alpha value is -0.600. The summed E-state index contributed by atoms with van der Waals surface area (Å²) in [6.45, 7) is 6.19. The summed E-state index contributed by atoms with van der Waals surface area (Å²) in [5.41, 5.74) is 9.06. The maximum Gasteiger partial charge on any atom is 0.0427 e. The second-order valence-corrected chi connectivity index (χ2v) is 5.89. The molecule has 1 aromatic heterocycles. The van der Waals surface area contributed by atoms with E-state index in [1.807, 2.05) is 11.3 Å². The molecule has 0 saturated heterocycles. The summed E-state index contributed by atoms with van der Waals surface area (Å²) in [4.78, 5) is 2.94. The summed E-state index contributed by atoms with van der Waals surface area (Å²) < 4.78 is 0. The first kappa shape index (κ1) is 11.9. The molecular weight excluding hydrogens is 214 g/mol. The highest BCUT2D eigenvalue weighted by atomic mass is 32.1. The van der Waals surface area contributed by atoms with E-state index in [1.54, 1.807) is 10.4 Å². The molecule has 2 rings (SSSR count). The fourth-order valence-electron chi connectivity index (χ4n) is 2.25. The van der Waals surface area contributed by atoms with Crippen molar-refractivity contribution < 1.29 is 0 Å². The van der Waals surface area contributed by atoms with Gasteiger partial charge in [0.15, 0.2) is 0 Å². The fraction of sp³-hybridized carbons (Fsp3) is 0.571. The number of thiophene rings is 1. The van der Waals surface area contributed by atoms with E-state index in [0.717, 1.165) is 12.8 Å². The van der Waals surface area contributed by atoms with Gasteiger partial charge in [-0.1, -0.05) is 19.1 Å². The van der Waals surface area contributed by atoms with Gasteiger partial charge in [-0.25, -0.2) is 0 Å². The van der Waals surface area contributed by atoms with Gasteiger partial charge in [-0.15, -0.1) is 11.3 Å². The van der Waals surface area contributed by atoms with Gasteiger partial charge in [-0.3, -0.25) is 0 Å². The van der Waals surface area contributed by atoms with Gasteiger partial charge >= 0.3 is 0 Å². The zero-order valence-electron chi connectivity index (χ0n) is 10.1. The molecule has 1 aliphatic carbocycles. The van der Waals surface area contributed by atoms with Gasteiger partial charge in [-0.05, 0) is 50.2 Å². The maximum atomic E-state index is 6.23. The van der Waals surface area contributed by atoms with Crippen molar-refractivity contribution in [1.82, 2.24) is 0 Å². The van der Waals surface area contributed by atoms with Crippen molar-refractivity contribution in [3.63, 3.8) is 0 Å². The molecule has 0 spiro atoms. The lowest BCUT2D eigenvalue weighted by Crippen LogP contribution is -2.09. The Labute approximate surface area is 102 Å². The van der Waals surface area contributed by atoms with Crippen molar-refractivity contribution in [2.24, 2.45) is 5.73 Å². The lowest BCUT2D eigenvalue weighted by atomic mass is 9.98. The van der Waals surface area contributed by atoms with Crippen molar-refractivity contribution in [2.45, 2.75) is 51.5 Å². The molecule has 0 amide bonds. The topological polar surface area (TPSA) is 26.0 Å². The van der Waals surface area contributed by atoms with Crippen LogP contribution in [0.3, 0.4) is 0 Å². The van der Waals surface area contributed by atoms with Crippen LogP contribution >= 0.6 is 11.3 Å². The van der Waals surface area contributed by atoms with E-state index in [9.17, 15) is 0 Å². The van der Waals surface area contributed by atoms with Crippen molar-refractivity contribution in [1.29, 1.82) is 0 Å². The van der Waals surface area contributed by atoms with Gasteiger partial charge < -0.3 is 5.73 Å². The summed E-state index contributed by atoms with van der Waals surface area (Å²) in [6.07, 6.45) is 7.20. The van der Waals surface area contributed by atoms with Crippen LogP contribution in [-0.2, 0) is 12.8 Å². The van der Waals surface area contributed by atoms with Crippen LogP contribution in [0.15, 0.2) is 18.2 Å². The van der Waals surface area contributed by atoms with Crippen molar-refractivity contribution >= 4 is 11.3 Å². The van der Waals surface area contributed by atoms with Crippen LogP contribution in [0.1, 0.15) is 54.0 Å². The molecule has 0 aliphatic heterocycles. The van der Waals surface area contributed by atoms with Crippen LogP contribution < -0.4 is 5.73 Å². The Balaban J connectivity index is 2.08. The van der Waals surface area contributed by atoms with Crippen LogP contribution in [-0.4, -0.2) is 0 Å². The summed E-state index contributed by atoms with van der Waals surface area (Å²) >= 11 is 1.93. The monoisotopic (exact) mass is 235 g/mol. The number of hydrogen-bond donors (Lipinski definition) is 1. The van der Waals surface area contributed by atoms with Gasteiger partial charge in [0.25, 0.3) is 0 Å². The van der Waals surface area contributed by atoms with E-state index in [4.69, 9.17) is 5.73 Å². The molecule has 16 heavy (non-hydrogen) atoms. The fourth-order valence-corrected chi connectivity index (χ4v) is 3.51. The normalized spacial score (nSPS) is 16.9. The summed E-state index contributed by atoms with van der Waals surface area (Å²) in [7, 11) is 0. The van der Waals surface area contributed by atoms with Gasteiger partial charge in [-0.2, -0.15) is 0 Å². The molecule has 1 aromatic rings. The molecule has 0 aromatic carbocycles. The first-order chi connectivity index (χ1) is 7.70. The molecule has 1 nitrogen and oxygen atoms in total. The molecule has 0 saturated carbocycles. The van der Waals surface area contributed by atoms with Gasteiger partial charge in [0.05, 0.1) is 0 Å². The van der Waals surface area contributed by atoms with Crippen LogP contribution in [0, 0.1) is 0 Å². The lowest BCUT2D eigenvalue weighted by Gasteiger charge is -2.10. The lowest BCUT2D eigenvalue weighted by molar-refractivity contribution is 0.693. The quantitative estimate of drug-likeness (QED) is 0.785. The summed E-state index contributed by atoms with van der Waals surface area (Å²) in [5.74, 6) is 0. The Morgan fingerprint density at radius 2 is 2.25 bits per heavy atom. The summed E-state index contributed by atoms with van der Waals surface area (Å²) in [5, 5.41) is 0. The predicted molar refractivity (Wildman–Crippen MR) is 71.9 cm³/mol. The molecule has 0 radical (unpaired) electrons. The average Bonchev–Trinajstić information content (AvgIpc) is 2.72. The van der Waals surface area contributed by atoms with E-state index in [-0.39, 0.29) is 6.04 Å². The number of nitrogens with two attached hydrogens (primary N) is 1. The number of rotatable bonds is 4. The number of fused-ring (bicyclic) bond motifs is 1. The third kappa shape index (κ3) is 2.55. The van der Waals surface area contributed by atoms with Crippen molar-refractivity contribution in [2.75, 3.05) is 0 Å². The van der Waals surface area contributed by atoms with Crippen LogP contribution in [0.25, 0.3) is 0 Å². The highest BCUT2D eigenvalue weighted by Crippen LogP contribution is 2.33. The Morgan fingerprint density at radius 3 is 2.94 bits per heavy atom. The van der Waals surface area contributed by atoms with E-state index >= 15 is 0 Å². The highest BCUT2D eigenvalue weighted by molar-refractivity contribution is 7.12. The first-order valence-corrected chi connectivity index (χ1v) is 7.06. The van der Waals surface area contributed by atoms with Gasteiger partial charge in [0.2, 0.25) is 0 Å².